The van der Waals surface area contributed by atoms with Gasteiger partial charge in [0.2, 0.25) is 0 Å². The third kappa shape index (κ3) is 3.51. The van der Waals surface area contributed by atoms with Crippen molar-refractivity contribution in [2.75, 3.05) is 20.2 Å². The molecule has 3 rings (SSSR count). The van der Waals surface area contributed by atoms with Crippen LogP contribution in [-0.4, -0.2) is 35.3 Å². The number of rotatable bonds is 4. The van der Waals surface area contributed by atoms with E-state index in [-0.39, 0.29) is 5.75 Å². The van der Waals surface area contributed by atoms with Gasteiger partial charge < -0.3 is 14.9 Å². The number of hydrogen-bond acceptors (Lipinski definition) is 4. The Balaban J connectivity index is 1.66. The SMILES string of the molecule is COc1cc(CN2CCC(O)(c3ccccc3Cl)CC2)ccc1O. The summed E-state index contributed by atoms with van der Waals surface area (Å²) in [6.07, 6.45) is 1.29. The molecule has 0 bridgehead atoms. The summed E-state index contributed by atoms with van der Waals surface area (Å²) >= 11 is 6.25. The van der Waals surface area contributed by atoms with Gasteiger partial charge in [-0.05, 0) is 36.6 Å². The predicted octanol–water partition coefficient (Wildman–Crippen LogP) is 3.54. The molecule has 0 radical (unpaired) electrons. The second-order valence-corrected chi connectivity index (χ2v) is 6.70. The molecule has 5 heteroatoms. The largest absolute Gasteiger partial charge is 0.504 e. The van der Waals surface area contributed by atoms with E-state index in [2.05, 4.69) is 4.90 Å². The van der Waals surface area contributed by atoms with Gasteiger partial charge in [-0.1, -0.05) is 35.9 Å². The summed E-state index contributed by atoms with van der Waals surface area (Å²) in [5.74, 6) is 0.630. The van der Waals surface area contributed by atoms with Crippen LogP contribution < -0.4 is 4.74 Å². The number of aromatic hydroxyl groups is 1. The number of likely N-dealkylation sites (tertiary alicyclic amines) is 1. The van der Waals surface area contributed by atoms with Crippen molar-refractivity contribution in [3.63, 3.8) is 0 Å². The van der Waals surface area contributed by atoms with Crippen LogP contribution in [0.25, 0.3) is 0 Å². The quantitative estimate of drug-likeness (QED) is 0.888. The number of benzene rings is 2. The Hall–Kier alpha value is -1.75. The topological polar surface area (TPSA) is 52.9 Å². The molecule has 128 valence electrons. The Kier molecular flexibility index (Phi) is 4.99. The fraction of sp³-hybridized carbons (Fsp3) is 0.368. The molecular formula is C19H22ClNO3. The Morgan fingerprint density at radius 1 is 1.17 bits per heavy atom. The minimum Gasteiger partial charge on any atom is -0.504 e. The smallest absolute Gasteiger partial charge is 0.160 e. The van der Waals surface area contributed by atoms with E-state index >= 15 is 0 Å². The highest BCUT2D eigenvalue weighted by atomic mass is 35.5. The molecule has 1 aliphatic heterocycles. The van der Waals surface area contributed by atoms with Crippen molar-refractivity contribution in [3.05, 3.63) is 58.6 Å². The molecule has 0 saturated carbocycles. The minimum atomic E-state index is -0.860. The van der Waals surface area contributed by atoms with Crippen LogP contribution >= 0.6 is 11.6 Å². The molecule has 2 aromatic carbocycles. The summed E-state index contributed by atoms with van der Waals surface area (Å²) in [6, 6.07) is 12.9. The number of phenolic OH excluding ortho intramolecular Hbond substituents is 1. The number of halogens is 1. The number of nitrogens with zero attached hydrogens (tertiary/aromatic N) is 1. The van der Waals surface area contributed by atoms with Crippen molar-refractivity contribution >= 4 is 11.6 Å². The third-order valence-corrected chi connectivity index (χ3v) is 5.04. The first kappa shape index (κ1) is 17.1. The highest BCUT2D eigenvalue weighted by molar-refractivity contribution is 6.31. The second-order valence-electron chi connectivity index (χ2n) is 6.29. The van der Waals surface area contributed by atoms with Crippen LogP contribution in [0.15, 0.2) is 42.5 Å². The first-order valence-electron chi connectivity index (χ1n) is 8.07. The maximum Gasteiger partial charge on any atom is 0.160 e. The molecule has 0 spiro atoms. The highest BCUT2D eigenvalue weighted by Gasteiger charge is 2.35. The van der Waals surface area contributed by atoms with E-state index in [1.807, 2.05) is 36.4 Å². The van der Waals surface area contributed by atoms with Crippen molar-refractivity contribution in [1.82, 2.24) is 4.90 Å². The van der Waals surface area contributed by atoms with E-state index < -0.39 is 5.60 Å². The first-order chi connectivity index (χ1) is 11.5. The van der Waals surface area contributed by atoms with Gasteiger partial charge in [0.1, 0.15) is 0 Å². The van der Waals surface area contributed by atoms with E-state index in [1.165, 1.54) is 0 Å². The molecular weight excluding hydrogens is 326 g/mol. The standard InChI is InChI=1S/C19H22ClNO3/c1-24-18-12-14(6-7-17(18)22)13-21-10-8-19(23,9-11-21)15-4-2-3-5-16(15)20/h2-7,12,22-23H,8-11,13H2,1H3. The highest BCUT2D eigenvalue weighted by Crippen LogP contribution is 2.37. The van der Waals surface area contributed by atoms with Crippen LogP contribution in [0.2, 0.25) is 5.02 Å². The average molecular weight is 348 g/mol. The lowest BCUT2D eigenvalue weighted by Gasteiger charge is -2.39. The summed E-state index contributed by atoms with van der Waals surface area (Å²) in [6.45, 7) is 2.32. The van der Waals surface area contributed by atoms with Crippen molar-refractivity contribution in [2.24, 2.45) is 0 Å². The van der Waals surface area contributed by atoms with E-state index in [0.717, 1.165) is 30.8 Å². The number of aliphatic hydroxyl groups is 1. The molecule has 4 nitrogen and oxygen atoms in total. The Morgan fingerprint density at radius 2 is 1.88 bits per heavy atom. The van der Waals surface area contributed by atoms with Gasteiger partial charge in [-0.25, -0.2) is 0 Å². The molecule has 0 aliphatic carbocycles. The van der Waals surface area contributed by atoms with Crippen molar-refractivity contribution < 1.29 is 14.9 Å². The van der Waals surface area contributed by atoms with Gasteiger partial charge in [0.15, 0.2) is 11.5 Å². The van der Waals surface area contributed by atoms with Gasteiger partial charge in [-0.2, -0.15) is 0 Å². The summed E-state index contributed by atoms with van der Waals surface area (Å²) < 4.78 is 5.16. The molecule has 1 saturated heterocycles. The number of phenols is 1. The number of methoxy groups -OCH3 is 1. The maximum atomic E-state index is 11.0. The van der Waals surface area contributed by atoms with Crippen LogP contribution in [-0.2, 0) is 12.1 Å². The maximum absolute atomic E-state index is 11.0. The van der Waals surface area contributed by atoms with Crippen molar-refractivity contribution in [1.29, 1.82) is 0 Å². The fourth-order valence-corrected chi connectivity index (χ4v) is 3.58. The number of ether oxygens (including phenoxy) is 1. The van der Waals surface area contributed by atoms with E-state index in [1.54, 1.807) is 13.2 Å². The lowest BCUT2D eigenvalue weighted by molar-refractivity contribution is -0.0276. The molecule has 24 heavy (non-hydrogen) atoms. The summed E-state index contributed by atoms with van der Waals surface area (Å²) in [5, 5.41) is 21.3. The lowest BCUT2D eigenvalue weighted by atomic mass is 9.84. The van der Waals surface area contributed by atoms with Gasteiger partial charge in [0.05, 0.1) is 12.7 Å². The van der Waals surface area contributed by atoms with E-state index in [4.69, 9.17) is 16.3 Å². The summed E-state index contributed by atoms with van der Waals surface area (Å²) in [5.41, 5.74) is 1.03. The normalized spacial score (nSPS) is 17.6. The van der Waals surface area contributed by atoms with E-state index in [9.17, 15) is 10.2 Å². The van der Waals surface area contributed by atoms with Crippen molar-refractivity contribution in [3.8, 4) is 11.5 Å². The molecule has 2 aromatic rings. The zero-order chi connectivity index (χ0) is 17.2. The summed E-state index contributed by atoms with van der Waals surface area (Å²) in [7, 11) is 1.55. The van der Waals surface area contributed by atoms with Gasteiger partial charge >= 0.3 is 0 Å². The molecule has 1 heterocycles. The van der Waals surface area contributed by atoms with Crippen LogP contribution in [0.5, 0.6) is 11.5 Å². The molecule has 2 N–H and O–H groups in total. The molecule has 0 atom stereocenters. The molecule has 1 aliphatic rings. The molecule has 0 aromatic heterocycles. The van der Waals surface area contributed by atoms with Gasteiger partial charge in [0, 0.05) is 30.2 Å². The summed E-state index contributed by atoms with van der Waals surface area (Å²) in [4.78, 5) is 2.29. The van der Waals surface area contributed by atoms with Crippen LogP contribution in [0.3, 0.4) is 0 Å². The third-order valence-electron chi connectivity index (χ3n) is 4.71. The lowest BCUT2D eigenvalue weighted by Crippen LogP contribution is -2.42. The second kappa shape index (κ2) is 7.01. The molecule has 0 amide bonds. The zero-order valence-electron chi connectivity index (χ0n) is 13.7. The average Bonchev–Trinajstić information content (AvgIpc) is 2.59. The number of piperidine rings is 1. The van der Waals surface area contributed by atoms with E-state index in [0.29, 0.717) is 23.6 Å². The Morgan fingerprint density at radius 3 is 2.54 bits per heavy atom. The Bertz CT molecular complexity index is 712. The Labute approximate surface area is 147 Å². The predicted molar refractivity (Wildman–Crippen MR) is 94.5 cm³/mol. The molecule has 0 unspecified atom stereocenters. The first-order valence-corrected chi connectivity index (χ1v) is 8.45. The van der Waals surface area contributed by atoms with Crippen LogP contribution in [0.4, 0.5) is 0 Å². The molecule has 1 fully saturated rings. The fourth-order valence-electron chi connectivity index (χ4n) is 3.27. The zero-order valence-corrected chi connectivity index (χ0v) is 14.5. The van der Waals surface area contributed by atoms with Crippen molar-refractivity contribution in [2.45, 2.75) is 25.0 Å². The monoisotopic (exact) mass is 347 g/mol. The minimum absolute atomic E-state index is 0.146. The number of hydrogen-bond donors (Lipinski definition) is 2. The van der Waals surface area contributed by atoms with Crippen LogP contribution in [0, 0.1) is 0 Å². The van der Waals surface area contributed by atoms with Gasteiger partial charge in [0.25, 0.3) is 0 Å². The van der Waals surface area contributed by atoms with Gasteiger partial charge in [-0.3, -0.25) is 4.90 Å². The van der Waals surface area contributed by atoms with Crippen LogP contribution in [0.1, 0.15) is 24.0 Å². The van der Waals surface area contributed by atoms with Gasteiger partial charge in [-0.15, -0.1) is 0 Å².